The predicted octanol–water partition coefficient (Wildman–Crippen LogP) is 5.70. The number of rotatable bonds is 6. The molecular formula is C25H25NO4. The Labute approximate surface area is 175 Å². The summed E-state index contributed by atoms with van der Waals surface area (Å²) in [7, 11) is 0. The molecule has 0 spiro atoms. The number of phenols is 1. The molecule has 2 aromatic carbocycles. The molecule has 0 bridgehead atoms. The van der Waals surface area contributed by atoms with Crippen molar-refractivity contribution in [3.05, 3.63) is 77.4 Å². The Hall–Kier alpha value is -3.47. The summed E-state index contributed by atoms with van der Waals surface area (Å²) >= 11 is 0. The van der Waals surface area contributed by atoms with Crippen molar-refractivity contribution in [1.29, 1.82) is 0 Å². The van der Waals surface area contributed by atoms with Crippen LogP contribution in [-0.4, -0.2) is 22.2 Å². The van der Waals surface area contributed by atoms with E-state index in [1.54, 1.807) is 19.3 Å². The minimum absolute atomic E-state index is 0.132. The molecule has 5 heteroatoms. The van der Waals surface area contributed by atoms with Gasteiger partial charge in [0.25, 0.3) is 0 Å². The number of benzene rings is 2. The molecule has 5 nitrogen and oxygen atoms in total. The molecule has 4 rings (SSSR count). The zero-order valence-electron chi connectivity index (χ0n) is 17.4. The van der Waals surface area contributed by atoms with Crippen LogP contribution in [0.1, 0.15) is 41.2 Å². The fourth-order valence-electron chi connectivity index (χ4n) is 3.89. The van der Waals surface area contributed by atoms with Crippen molar-refractivity contribution in [3.63, 3.8) is 0 Å². The Kier molecular flexibility index (Phi) is 5.36. The number of hydrogen-bond acceptors (Lipinski definition) is 4. The number of aryl methyl sites for hydroxylation is 1. The summed E-state index contributed by atoms with van der Waals surface area (Å²) in [6.45, 7) is 6.55. The van der Waals surface area contributed by atoms with Crippen molar-refractivity contribution in [2.24, 2.45) is 0 Å². The second kappa shape index (κ2) is 8.11. The lowest BCUT2D eigenvalue weighted by molar-refractivity contribution is 0.0527. The SMILES string of the molecule is CCOC(=O)c1c(C)n(Cc2ccco2)c2cc(-c3ccc(CC)cc3)c(O)cc12. The highest BCUT2D eigenvalue weighted by Gasteiger charge is 2.23. The molecule has 154 valence electrons. The van der Waals surface area contributed by atoms with Gasteiger partial charge in [-0.3, -0.25) is 0 Å². The largest absolute Gasteiger partial charge is 0.507 e. The molecule has 0 atom stereocenters. The molecule has 4 aromatic rings. The lowest BCUT2D eigenvalue weighted by Gasteiger charge is -2.10. The maximum absolute atomic E-state index is 12.7. The number of aromatic nitrogens is 1. The number of carbonyl (C=O) groups excluding carboxylic acids is 1. The number of esters is 1. The zero-order chi connectivity index (χ0) is 21.3. The summed E-state index contributed by atoms with van der Waals surface area (Å²) < 4.78 is 12.9. The fourth-order valence-corrected chi connectivity index (χ4v) is 3.89. The maximum Gasteiger partial charge on any atom is 0.340 e. The van der Waals surface area contributed by atoms with E-state index < -0.39 is 5.97 Å². The van der Waals surface area contributed by atoms with Gasteiger partial charge in [0.1, 0.15) is 11.5 Å². The van der Waals surface area contributed by atoms with Crippen LogP contribution in [0.15, 0.2) is 59.2 Å². The van der Waals surface area contributed by atoms with E-state index in [1.807, 2.05) is 41.8 Å². The summed E-state index contributed by atoms with van der Waals surface area (Å²) in [6.07, 6.45) is 2.59. The third-order valence-electron chi connectivity index (χ3n) is 5.49. The van der Waals surface area contributed by atoms with Gasteiger partial charge in [-0.05, 0) is 55.7 Å². The molecule has 0 unspecified atom stereocenters. The average Bonchev–Trinajstić information content (AvgIpc) is 3.34. The van der Waals surface area contributed by atoms with E-state index in [0.717, 1.165) is 34.5 Å². The van der Waals surface area contributed by atoms with Gasteiger partial charge in [-0.2, -0.15) is 0 Å². The van der Waals surface area contributed by atoms with Crippen LogP contribution in [0, 0.1) is 6.92 Å². The molecule has 30 heavy (non-hydrogen) atoms. The smallest absolute Gasteiger partial charge is 0.340 e. The lowest BCUT2D eigenvalue weighted by Crippen LogP contribution is -2.08. The highest BCUT2D eigenvalue weighted by Crippen LogP contribution is 2.37. The van der Waals surface area contributed by atoms with Crippen LogP contribution in [0.2, 0.25) is 0 Å². The van der Waals surface area contributed by atoms with Crippen molar-refractivity contribution < 1.29 is 19.1 Å². The third kappa shape index (κ3) is 3.47. The molecular weight excluding hydrogens is 378 g/mol. The second-order valence-electron chi connectivity index (χ2n) is 7.28. The van der Waals surface area contributed by atoms with E-state index in [2.05, 4.69) is 19.1 Å². The van der Waals surface area contributed by atoms with Crippen molar-refractivity contribution >= 4 is 16.9 Å². The summed E-state index contributed by atoms with van der Waals surface area (Å²) in [5.74, 6) is 0.525. The standard InChI is InChI=1S/C25H25NO4/c1-4-17-8-10-18(11-9-17)20-13-22-21(14-23(20)27)24(25(28)29-5-2)16(3)26(22)15-19-7-6-12-30-19/h6-14,27H,4-5,15H2,1-3H3. The van der Waals surface area contributed by atoms with Gasteiger partial charge in [0.15, 0.2) is 0 Å². The summed E-state index contributed by atoms with van der Waals surface area (Å²) in [4.78, 5) is 12.7. The number of aromatic hydroxyl groups is 1. The van der Waals surface area contributed by atoms with E-state index in [-0.39, 0.29) is 12.4 Å². The summed E-state index contributed by atoms with van der Waals surface area (Å²) in [5, 5.41) is 11.5. The van der Waals surface area contributed by atoms with Crippen molar-refractivity contribution in [1.82, 2.24) is 4.57 Å². The van der Waals surface area contributed by atoms with Crippen LogP contribution in [-0.2, 0) is 17.7 Å². The Balaban J connectivity index is 1.92. The van der Waals surface area contributed by atoms with Gasteiger partial charge >= 0.3 is 5.97 Å². The first-order chi connectivity index (χ1) is 14.5. The van der Waals surface area contributed by atoms with Gasteiger partial charge in [-0.15, -0.1) is 0 Å². The minimum atomic E-state index is -0.391. The molecule has 1 N–H and O–H groups in total. The number of hydrogen-bond donors (Lipinski definition) is 1. The Morgan fingerprint density at radius 3 is 2.53 bits per heavy atom. The van der Waals surface area contributed by atoms with E-state index in [1.165, 1.54) is 5.56 Å². The molecule has 0 saturated heterocycles. The molecule has 0 aliphatic carbocycles. The number of phenolic OH excluding ortho intramolecular Hbond substituents is 1. The van der Waals surface area contributed by atoms with Gasteiger partial charge in [-0.1, -0.05) is 31.2 Å². The molecule has 0 radical (unpaired) electrons. The first-order valence-electron chi connectivity index (χ1n) is 10.2. The van der Waals surface area contributed by atoms with E-state index in [4.69, 9.17) is 9.15 Å². The maximum atomic E-state index is 12.7. The normalized spacial score (nSPS) is 11.2. The molecule has 0 aliphatic rings. The number of nitrogens with zero attached hydrogens (tertiary/aromatic N) is 1. The highest BCUT2D eigenvalue weighted by atomic mass is 16.5. The van der Waals surface area contributed by atoms with Gasteiger partial charge in [-0.25, -0.2) is 4.79 Å². The minimum Gasteiger partial charge on any atom is -0.507 e. The van der Waals surface area contributed by atoms with E-state index in [0.29, 0.717) is 17.5 Å². The van der Waals surface area contributed by atoms with Crippen molar-refractivity contribution in [3.8, 4) is 16.9 Å². The van der Waals surface area contributed by atoms with Crippen LogP contribution in [0.3, 0.4) is 0 Å². The lowest BCUT2D eigenvalue weighted by atomic mass is 10.00. The van der Waals surface area contributed by atoms with Crippen LogP contribution < -0.4 is 0 Å². The Morgan fingerprint density at radius 2 is 1.90 bits per heavy atom. The average molecular weight is 403 g/mol. The third-order valence-corrected chi connectivity index (χ3v) is 5.49. The monoisotopic (exact) mass is 403 g/mol. The molecule has 0 saturated carbocycles. The van der Waals surface area contributed by atoms with Crippen LogP contribution in [0.5, 0.6) is 5.75 Å². The Morgan fingerprint density at radius 1 is 1.13 bits per heavy atom. The second-order valence-corrected chi connectivity index (χ2v) is 7.28. The molecule has 2 heterocycles. The number of fused-ring (bicyclic) bond motifs is 1. The zero-order valence-corrected chi connectivity index (χ0v) is 17.4. The molecule has 0 amide bonds. The summed E-state index contributed by atoms with van der Waals surface area (Å²) in [5.41, 5.74) is 4.98. The topological polar surface area (TPSA) is 64.6 Å². The van der Waals surface area contributed by atoms with Gasteiger partial charge in [0, 0.05) is 16.6 Å². The van der Waals surface area contributed by atoms with Crippen LogP contribution >= 0.6 is 0 Å². The number of carbonyl (C=O) groups is 1. The van der Waals surface area contributed by atoms with E-state index >= 15 is 0 Å². The van der Waals surface area contributed by atoms with Gasteiger partial charge in [0.05, 0.1) is 30.5 Å². The van der Waals surface area contributed by atoms with E-state index in [9.17, 15) is 9.90 Å². The molecule has 2 aromatic heterocycles. The first kappa shape index (κ1) is 19.8. The predicted molar refractivity (Wildman–Crippen MR) is 117 cm³/mol. The van der Waals surface area contributed by atoms with Crippen LogP contribution in [0.25, 0.3) is 22.0 Å². The van der Waals surface area contributed by atoms with Crippen molar-refractivity contribution in [2.45, 2.75) is 33.7 Å². The number of ether oxygens (including phenoxy) is 1. The Bertz CT molecular complexity index is 1180. The molecule has 0 aliphatic heterocycles. The molecule has 0 fully saturated rings. The van der Waals surface area contributed by atoms with Gasteiger partial charge < -0.3 is 18.8 Å². The highest BCUT2D eigenvalue weighted by molar-refractivity contribution is 6.07. The number of furan rings is 1. The fraction of sp³-hybridized carbons (Fsp3) is 0.240. The van der Waals surface area contributed by atoms with Crippen molar-refractivity contribution in [2.75, 3.05) is 6.61 Å². The van der Waals surface area contributed by atoms with Gasteiger partial charge in [0.2, 0.25) is 0 Å². The quantitative estimate of drug-likeness (QED) is 0.419. The first-order valence-corrected chi connectivity index (χ1v) is 10.2. The van der Waals surface area contributed by atoms with Crippen LogP contribution in [0.4, 0.5) is 0 Å². The summed E-state index contributed by atoms with van der Waals surface area (Å²) in [6, 6.07) is 15.5.